The lowest BCUT2D eigenvalue weighted by Crippen LogP contribution is -2.47. The van der Waals surface area contributed by atoms with E-state index >= 15 is 8.78 Å². The Labute approximate surface area is 165 Å². The van der Waals surface area contributed by atoms with E-state index in [-0.39, 0.29) is 17.5 Å². The molecule has 2 saturated heterocycles. The zero-order chi connectivity index (χ0) is 19.9. The summed E-state index contributed by atoms with van der Waals surface area (Å²) in [6.45, 7) is 0.508. The fourth-order valence-electron chi connectivity index (χ4n) is 3.61. The number of aromatic nitrogens is 1. The molecule has 0 unspecified atom stereocenters. The van der Waals surface area contributed by atoms with Gasteiger partial charge in [-0.3, -0.25) is 14.5 Å². The van der Waals surface area contributed by atoms with Gasteiger partial charge in [-0.2, -0.15) is 0 Å². The van der Waals surface area contributed by atoms with Crippen molar-refractivity contribution in [3.05, 3.63) is 54.2 Å². The minimum absolute atomic E-state index is 0.0629. The molecule has 0 aliphatic carbocycles. The highest BCUT2D eigenvalue weighted by Gasteiger charge is 2.72. The van der Waals surface area contributed by atoms with Crippen molar-refractivity contribution in [1.82, 2.24) is 9.88 Å². The van der Waals surface area contributed by atoms with Crippen molar-refractivity contribution in [3.63, 3.8) is 0 Å². The van der Waals surface area contributed by atoms with Crippen molar-refractivity contribution in [3.8, 4) is 0 Å². The number of alkyl halides is 2. The molecule has 1 aromatic heterocycles. The van der Waals surface area contributed by atoms with Gasteiger partial charge >= 0.3 is 0 Å². The number of rotatable bonds is 4. The van der Waals surface area contributed by atoms with Gasteiger partial charge in [-0.15, -0.1) is 11.8 Å². The Kier molecular flexibility index (Phi) is 4.61. The number of thioether (sulfide) groups is 1. The average Bonchev–Trinajstić information content (AvgIpc) is 3.07. The van der Waals surface area contributed by atoms with Gasteiger partial charge in [-0.1, -0.05) is 23.8 Å². The van der Waals surface area contributed by atoms with Crippen LogP contribution in [0.3, 0.4) is 0 Å². The molecule has 0 radical (unpaired) electrons. The third-order valence-electron chi connectivity index (χ3n) is 5.22. The fraction of sp³-hybridized carbons (Fsp3) is 0.350. The van der Waals surface area contributed by atoms with Crippen molar-refractivity contribution < 1.29 is 18.4 Å². The van der Waals surface area contributed by atoms with Gasteiger partial charge < -0.3 is 4.90 Å². The lowest BCUT2D eigenvalue weighted by molar-refractivity contribution is -0.131. The SMILES string of the molecule is Cc1ccc(SCC(=O)N2C[C@@]3(F)CN(c4ccccn4)C(=O)[C@@]3(F)C2)cc1. The minimum Gasteiger partial charge on any atom is -0.335 e. The molecule has 0 spiro atoms. The molecule has 2 amide bonds. The van der Waals surface area contributed by atoms with E-state index in [0.29, 0.717) is 0 Å². The summed E-state index contributed by atoms with van der Waals surface area (Å²) in [4.78, 5) is 32.2. The van der Waals surface area contributed by atoms with Crippen LogP contribution < -0.4 is 4.90 Å². The van der Waals surface area contributed by atoms with E-state index in [4.69, 9.17) is 0 Å². The Hall–Kier alpha value is -2.48. The van der Waals surface area contributed by atoms with Gasteiger partial charge in [0.25, 0.3) is 5.91 Å². The van der Waals surface area contributed by atoms with Gasteiger partial charge in [0.15, 0.2) is 5.67 Å². The molecule has 4 rings (SSSR count). The second-order valence-corrected chi connectivity index (χ2v) is 8.25. The van der Waals surface area contributed by atoms with Crippen molar-refractivity contribution in [2.75, 3.05) is 30.3 Å². The first-order valence-corrected chi connectivity index (χ1v) is 9.89. The van der Waals surface area contributed by atoms with Gasteiger partial charge in [0.05, 0.1) is 25.4 Å². The van der Waals surface area contributed by atoms with E-state index in [1.54, 1.807) is 12.1 Å². The smallest absolute Gasteiger partial charge is 0.271 e. The van der Waals surface area contributed by atoms with Crippen LogP contribution in [-0.4, -0.2) is 58.4 Å². The monoisotopic (exact) mass is 403 g/mol. The van der Waals surface area contributed by atoms with E-state index in [1.165, 1.54) is 24.0 Å². The molecule has 28 heavy (non-hydrogen) atoms. The maximum Gasteiger partial charge on any atom is 0.271 e. The van der Waals surface area contributed by atoms with Gasteiger partial charge in [0, 0.05) is 11.1 Å². The number of likely N-dealkylation sites (tertiary alicyclic amines) is 1. The number of aryl methyl sites for hydroxylation is 1. The average molecular weight is 403 g/mol. The van der Waals surface area contributed by atoms with Gasteiger partial charge in [0.1, 0.15) is 5.82 Å². The van der Waals surface area contributed by atoms with E-state index in [0.717, 1.165) is 20.3 Å². The van der Waals surface area contributed by atoms with Crippen LogP contribution in [0.2, 0.25) is 0 Å². The van der Waals surface area contributed by atoms with Crippen molar-refractivity contribution in [1.29, 1.82) is 0 Å². The second-order valence-electron chi connectivity index (χ2n) is 7.20. The molecule has 2 fully saturated rings. The molecule has 2 atom stereocenters. The summed E-state index contributed by atoms with van der Waals surface area (Å²) >= 11 is 1.31. The Balaban J connectivity index is 1.45. The molecule has 3 heterocycles. The Morgan fingerprint density at radius 3 is 2.54 bits per heavy atom. The van der Waals surface area contributed by atoms with Gasteiger partial charge in [-0.05, 0) is 31.2 Å². The number of carbonyl (C=O) groups excluding carboxylic acids is 2. The number of hydrogen-bond acceptors (Lipinski definition) is 4. The number of pyridine rings is 1. The Morgan fingerprint density at radius 2 is 1.89 bits per heavy atom. The molecule has 2 aromatic rings. The van der Waals surface area contributed by atoms with E-state index in [1.807, 2.05) is 31.2 Å². The number of halogens is 2. The predicted octanol–water partition coefficient (Wildman–Crippen LogP) is 2.79. The van der Waals surface area contributed by atoms with Crippen molar-refractivity contribution in [2.45, 2.75) is 23.2 Å². The molecule has 2 aliphatic rings. The van der Waals surface area contributed by atoms with Crippen molar-refractivity contribution in [2.24, 2.45) is 0 Å². The van der Waals surface area contributed by atoms with Crippen LogP contribution in [0.1, 0.15) is 5.56 Å². The summed E-state index contributed by atoms with van der Waals surface area (Å²) in [5.74, 6) is -1.09. The zero-order valence-electron chi connectivity index (χ0n) is 15.3. The number of fused-ring (bicyclic) bond motifs is 1. The third kappa shape index (κ3) is 3.05. The Morgan fingerprint density at radius 1 is 1.14 bits per heavy atom. The summed E-state index contributed by atoms with van der Waals surface area (Å²) in [5, 5.41) is 0. The summed E-state index contributed by atoms with van der Waals surface area (Å²) in [6, 6.07) is 12.5. The minimum atomic E-state index is -2.74. The van der Waals surface area contributed by atoms with Crippen LogP contribution in [0.15, 0.2) is 53.6 Å². The van der Waals surface area contributed by atoms with Crippen LogP contribution >= 0.6 is 11.8 Å². The first-order chi connectivity index (χ1) is 13.3. The Bertz CT molecular complexity index is 911. The lowest BCUT2D eigenvalue weighted by atomic mass is 9.93. The largest absolute Gasteiger partial charge is 0.335 e. The maximum absolute atomic E-state index is 15.4. The molecule has 8 heteroatoms. The summed E-state index contributed by atoms with van der Waals surface area (Å²) in [6.07, 6.45) is 1.46. The molecule has 146 valence electrons. The van der Waals surface area contributed by atoms with Crippen LogP contribution in [0.25, 0.3) is 0 Å². The standard InChI is InChI=1S/C20H19F2N3O2S/c1-14-5-7-15(8-6-14)28-10-17(26)24-11-19(21)12-25(16-4-2-3-9-23-16)18(27)20(19,22)13-24/h2-9H,10-13H2,1H3/t19-,20+/m1/s1. The molecule has 1 aromatic carbocycles. The highest BCUT2D eigenvalue weighted by atomic mass is 32.2. The number of nitrogens with zero attached hydrogens (tertiary/aromatic N) is 3. The summed E-state index contributed by atoms with van der Waals surface area (Å²) < 4.78 is 30.9. The molecule has 5 nitrogen and oxygen atoms in total. The highest BCUT2D eigenvalue weighted by molar-refractivity contribution is 8.00. The van der Waals surface area contributed by atoms with E-state index < -0.39 is 36.9 Å². The summed E-state index contributed by atoms with van der Waals surface area (Å²) in [5.41, 5.74) is -4.07. The van der Waals surface area contributed by atoms with Crippen LogP contribution in [0, 0.1) is 6.92 Å². The second kappa shape index (κ2) is 6.84. The number of anilines is 1. The topological polar surface area (TPSA) is 53.5 Å². The maximum atomic E-state index is 15.4. The first kappa shape index (κ1) is 18.9. The molecule has 0 saturated carbocycles. The number of benzene rings is 1. The van der Waals surface area contributed by atoms with Crippen LogP contribution in [0.4, 0.5) is 14.6 Å². The summed E-state index contributed by atoms with van der Waals surface area (Å²) in [7, 11) is 0. The quantitative estimate of drug-likeness (QED) is 0.737. The van der Waals surface area contributed by atoms with E-state index in [2.05, 4.69) is 4.98 Å². The molecule has 0 N–H and O–H groups in total. The third-order valence-corrected chi connectivity index (χ3v) is 6.21. The van der Waals surface area contributed by atoms with E-state index in [9.17, 15) is 9.59 Å². The molecule has 2 aliphatic heterocycles. The molecule has 0 bridgehead atoms. The van der Waals surface area contributed by atoms with Crippen LogP contribution in [-0.2, 0) is 9.59 Å². The van der Waals surface area contributed by atoms with Crippen molar-refractivity contribution >= 4 is 29.4 Å². The predicted molar refractivity (Wildman–Crippen MR) is 103 cm³/mol. The number of amides is 2. The highest BCUT2D eigenvalue weighted by Crippen LogP contribution is 2.46. The lowest BCUT2D eigenvalue weighted by Gasteiger charge is -2.22. The molecular formula is C20H19F2N3O2S. The normalized spacial score (nSPS) is 26.6. The molecular weight excluding hydrogens is 384 g/mol. The number of hydrogen-bond donors (Lipinski definition) is 0. The van der Waals surface area contributed by atoms with Gasteiger partial charge in [-0.25, -0.2) is 13.8 Å². The zero-order valence-corrected chi connectivity index (χ0v) is 16.1. The van der Waals surface area contributed by atoms with Gasteiger partial charge in [0.2, 0.25) is 11.6 Å². The number of carbonyl (C=O) groups is 2. The fourth-order valence-corrected chi connectivity index (χ4v) is 4.41. The van der Waals surface area contributed by atoms with Crippen LogP contribution in [0.5, 0.6) is 0 Å². The first-order valence-electron chi connectivity index (χ1n) is 8.90.